The molecular formula is C14H19ClN2O. The first-order valence-corrected chi connectivity index (χ1v) is 6.62. The van der Waals surface area contributed by atoms with Crippen molar-refractivity contribution in [1.82, 2.24) is 0 Å². The van der Waals surface area contributed by atoms with Gasteiger partial charge < -0.3 is 10.7 Å². The summed E-state index contributed by atoms with van der Waals surface area (Å²) in [6.07, 6.45) is 1.93. The number of rotatable bonds is 3. The van der Waals surface area contributed by atoms with Crippen LogP contribution in [-0.4, -0.2) is 11.6 Å². The van der Waals surface area contributed by atoms with E-state index in [1.807, 2.05) is 13.8 Å². The number of carbonyl (C=O) groups excluding carboxylic acids is 1. The average Bonchev–Trinajstić information content (AvgIpc) is 3.15. The van der Waals surface area contributed by atoms with Crippen LogP contribution >= 0.6 is 11.6 Å². The number of halogens is 1. The zero-order valence-corrected chi connectivity index (χ0v) is 11.8. The molecule has 4 heteroatoms. The zero-order valence-electron chi connectivity index (χ0n) is 11.0. The Bertz CT molecular complexity index is 453. The van der Waals surface area contributed by atoms with Crippen molar-refractivity contribution in [2.75, 3.05) is 5.32 Å². The summed E-state index contributed by atoms with van der Waals surface area (Å²) in [6, 6.07) is 5.28. The monoisotopic (exact) mass is 266 g/mol. The Labute approximate surface area is 113 Å². The van der Waals surface area contributed by atoms with Gasteiger partial charge in [0, 0.05) is 17.2 Å². The van der Waals surface area contributed by atoms with Crippen molar-refractivity contribution < 1.29 is 4.79 Å². The third kappa shape index (κ3) is 3.57. The Hall–Kier alpha value is -1.35. The first-order valence-electron chi connectivity index (χ1n) is 6.24. The zero-order chi connectivity index (χ0) is 13.7. The molecule has 0 spiro atoms. The molecule has 0 radical (unpaired) electrons. The van der Waals surface area contributed by atoms with Crippen molar-refractivity contribution in [1.29, 1.82) is 5.41 Å². The van der Waals surface area contributed by atoms with Gasteiger partial charge in [-0.2, -0.15) is 0 Å². The molecule has 1 aliphatic carbocycles. The molecule has 3 nitrogen and oxygen atoms in total. The normalized spacial score (nSPS) is 13.3. The van der Waals surface area contributed by atoms with Gasteiger partial charge in [0.2, 0.25) is 5.91 Å². The summed E-state index contributed by atoms with van der Waals surface area (Å²) in [6.45, 7) is 5.66. The van der Waals surface area contributed by atoms with Crippen LogP contribution in [0.4, 0.5) is 5.69 Å². The van der Waals surface area contributed by atoms with Gasteiger partial charge in [-0.05, 0) is 31.9 Å². The van der Waals surface area contributed by atoms with E-state index >= 15 is 0 Å². The quantitative estimate of drug-likeness (QED) is 0.795. The summed E-state index contributed by atoms with van der Waals surface area (Å²) in [5.74, 6) is 0.183. The SMILES string of the molecule is CC.CC(=N)c1c(Cl)cccc1NC(=O)C1CC1. The maximum absolute atomic E-state index is 11.6. The van der Waals surface area contributed by atoms with Crippen LogP contribution in [0.5, 0.6) is 0 Å². The minimum absolute atomic E-state index is 0.0322. The summed E-state index contributed by atoms with van der Waals surface area (Å²) in [4.78, 5) is 11.6. The third-order valence-electron chi connectivity index (χ3n) is 2.59. The van der Waals surface area contributed by atoms with Crippen LogP contribution in [0.25, 0.3) is 0 Å². The van der Waals surface area contributed by atoms with E-state index in [0.717, 1.165) is 12.8 Å². The highest BCUT2D eigenvalue weighted by Crippen LogP contribution is 2.32. The summed E-state index contributed by atoms with van der Waals surface area (Å²) in [7, 11) is 0. The molecule has 98 valence electrons. The second-order valence-electron chi connectivity index (χ2n) is 4.05. The van der Waals surface area contributed by atoms with Gasteiger partial charge in [-0.25, -0.2) is 0 Å². The van der Waals surface area contributed by atoms with Crippen LogP contribution in [0.15, 0.2) is 18.2 Å². The molecule has 1 fully saturated rings. The van der Waals surface area contributed by atoms with E-state index in [4.69, 9.17) is 17.0 Å². The first kappa shape index (κ1) is 14.7. The molecule has 0 aliphatic heterocycles. The number of carbonyl (C=O) groups is 1. The Balaban J connectivity index is 0.000000771. The van der Waals surface area contributed by atoms with Crippen LogP contribution in [0.3, 0.4) is 0 Å². The van der Waals surface area contributed by atoms with E-state index < -0.39 is 0 Å². The molecule has 2 N–H and O–H groups in total. The highest BCUT2D eigenvalue weighted by molar-refractivity contribution is 6.35. The van der Waals surface area contributed by atoms with Crippen LogP contribution in [0, 0.1) is 11.3 Å². The van der Waals surface area contributed by atoms with Gasteiger partial charge in [0.25, 0.3) is 0 Å². The van der Waals surface area contributed by atoms with Crippen LogP contribution < -0.4 is 5.32 Å². The lowest BCUT2D eigenvalue weighted by Crippen LogP contribution is -2.15. The van der Waals surface area contributed by atoms with Gasteiger partial charge in [0.05, 0.1) is 10.7 Å². The molecule has 0 saturated heterocycles. The third-order valence-corrected chi connectivity index (χ3v) is 2.91. The maximum Gasteiger partial charge on any atom is 0.227 e. The van der Waals surface area contributed by atoms with Crippen LogP contribution in [0.2, 0.25) is 5.02 Å². The highest BCUT2D eigenvalue weighted by atomic mass is 35.5. The number of benzene rings is 1. The molecule has 0 bridgehead atoms. The van der Waals surface area contributed by atoms with Crippen LogP contribution in [0.1, 0.15) is 39.2 Å². The topological polar surface area (TPSA) is 53.0 Å². The Kier molecular flexibility index (Phi) is 5.35. The summed E-state index contributed by atoms with van der Waals surface area (Å²) in [5, 5.41) is 11.0. The van der Waals surface area contributed by atoms with Gasteiger partial charge in [-0.1, -0.05) is 31.5 Å². The highest BCUT2D eigenvalue weighted by Gasteiger charge is 2.30. The van der Waals surface area contributed by atoms with E-state index in [-0.39, 0.29) is 11.8 Å². The van der Waals surface area contributed by atoms with E-state index in [1.165, 1.54) is 0 Å². The van der Waals surface area contributed by atoms with Crippen molar-refractivity contribution in [3.05, 3.63) is 28.8 Å². The van der Waals surface area contributed by atoms with Crippen molar-refractivity contribution in [2.24, 2.45) is 5.92 Å². The second-order valence-corrected chi connectivity index (χ2v) is 4.46. The van der Waals surface area contributed by atoms with Crippen molar-refractivity contribution >= 4 is 28.9 Å². The second kappa shape index (κ2) is 6.55. The summed E-state index contributed by atoms with van der Waals surface area (Å²) in [5.41, 5.74) is 1.60. The lowest BCUT2D eigenvalue weighted by Gasteiger charge is -2.11. The molecule has 1 aromatic carbocycles. The minimum Gasteiger partial charge on any atom is -0.325 e. The first-order chi connectivity index (χ1) is 8.59. The lowest BCUT2D eigenvalue weighted by molar-refractivity contribution is -0.117. The number of anilines is 1. The predicted octanol–water partition coefficient (Wildman–Crippen LogP) is 4.10. The average molecular weight is 267 g/mol. The van der Waals surface area contributed by atoms with Crippen LogP contribution in [-0.2, 0) is 4.79 Å². The Morgan fingerprint density at radius 3 is 2.50 bits per heavy atom. The maximum atomic E-state index is 11.6. The van der Waals surface area contributed by atoms with Crippen molar-refractivity contribution in [3.8, 4) is 0 Å². The smallest absolute Gasteiger partial charge is 0.227 e. The lowest BCUT2D eigenvalue weighted by atomic mass is 10.1. The number of amides is 1. The van der Waals surface area contributed by atoms with E-state index in [1.54, 1.807) is 25.1 Å². The Morgan fingerprint density at radius 1 is 1.39 bits per heavy atom. The molecule has 0 heterocycles. The summed E-state index contributed by atoms with van der Waals surface area (Å²) >= 11 is 6.01. The fraction of sp³-hybridized carbons (Fsp3) is 0.429. The van der Waals surface area contributed by atoms with Gasteiger partial charge in [-0.15, -0.1) is 0 Å². The molecule has 18 heavy (non-hydrogen) atoms. The van der Waals surface area contributed by atoms with E-state index in [0.29, 0.717) is 22.0 Å². The Morgan fingerprint density at radius 2 is 2.00 bits per heavy atom. The van der Waals surface area contributed by atoms with Gasteiger partial charge in [0.1, 0.15) is 0 Å². The standard InChI is InChI=1S/C12H13ClN2O.C2H6/c1-7(14)11-9(13)3-2-4-10(11)15-12(16)8-5-6-8;1-2/h2-4,8,14H,5-6H2,1H3,(H,15,16);1-2H3. The van der Waals surface area contributed by atoms with Gasteiger partial charge in [0.15, 0.2) is 0 Å². The molecule has 0 atom stereocenters. The van der Waals surface area contributed by atoms with Gasteiger partial charge >= 0.3 is 0 Å². The van der Waals surface area contributed by atoms with Crippen molar-refractivity contribution in [2.45, 2.75) is 33.6 Å². The molecule has 1 amide bonds. The van der Waals surface area contributed by atoms with E-state index in [2.05, 4.69) is 5.32 Å². The molecule has 0 aromatic heterocycles. The molecule has 1 aliphatic rings. The minimum atomic E-state index is 0.0322. The molecule has 1 saturated carbocycles. The number of hydrogen-bond donors (Lipinski definition) is 2. The molecule has 1 aromatic rings. The van der Waals surface area contributed by atoms with Gasteiger partial charge in [-0.3, -0.25) is 4.79 Å². The molecular weight excluding hydrogens is 248 g/mol. The fourth-order valence-corrected chi connectivity index (χ4v) is 1.91. The largest absolute Gasteiger partial charge is 0.325 e. The van der Waals surface area contributed by atoms with Crippen molar-refractivity contribution in [3.63, 3.8) is 0 Å². The molecule has 2 rings (SSSR count). The predicted molar refractivity (Wildman–Crippen MR) is 76.7 cm³/mol. The number of nitrogens with one attached hydrogen (secondary N) is 2. The van der Waals surface area contributed by atoms with E-state index in [9.17, 15) is 4.79 Å². The molecule has 0 unspecified atom stereocenters. The summed E-state index contributed by atoms with van der Waals surface area (Å²) < 4.78 is 0. The number of hydrogen-bond acceptors (Lipinski definition) is 2. The fourth-order valence-electron chi connectivity index (χ4n) is 1.59.